The Hall–Kier alpha value is -1.55. The summed E-state index contributed by atoms with van der Waals surface area (Å²) in [6.45, 7) is 2.06. The van der Waals surface area contributed by atoms with Crippen LogP contribution < -0.4 is 5.73 Å². The molecule has 0 aliphatic heterocycles. The standard InChI is InChI=1S/C12H13N3S/c1-8-4-3-5-9(6-8)10-7-11(13)15-12(14-10)16-2/h3-7H,1-2H3,(H2,13,14,15). The fourth-order valence-corrected chi connectivity index (χ4v) is 1.87. The van der Waals surface area contributed by atoms with Gasteiger partial charge in [0.05, 0.1) is 5.69 Å². The number of aromatic nitrogens is 2. The molecule has 2 aromatic rings. The van der Waals surface area contributed by atoms with Crippen LogP contribution in [-0.4, -0.2) is 16.2 Å². The first-order chi connectivity index (χ1) is 7.69. The van der Waals surface area contributed by atoms with E-state index in [1.807, 2.05) is 18.4 Å². The van der Waals surface area contributed by atoms with Crippen LogP contribution in [0.3, 0.4) is 0 Å². The Morgan fingerprint density at radius 1 is 1.19 bits per heavy atom. The van der Waals surface area contributed by atoms with Gasteiger partial charge in [-0.05, 0) is 19.2 Å². The molecule has 2 rings (SSSR count). The molecule has 4 heteroatoms. The second kappa shape index (κ2) is 4.53. The molecular formula is C12H13N3S. The van der Waals surface area contributed by atoms with E-state index in [2.05, 4.69) is 29.0 Å². The summed E-state index contributed by atoms with van der Waals surface area (Å²) in [6, 6.07) is 9.99. The number of anilines is 1. The van der Waals surface area contributed by atoms with Crippen molar-refractivity contribution in [3.05, 3.63) is 35.9 Å². The first kappa shape index (κ1) is 11.0. The smallest absolute Gasteiger partial charge is 0.189 e. The normalized spacial score (nSPS) is 10.4. The van der Waals surface area contributed by atoms with Crippen LogP contribution in [0.4, 0.5) is 5.82 Å². The van der Waals surface area contributed by atoms with E-state index in [1.54, 1.807) is 6.07 Å². The number of nitrogen functional groups attached to an aromatic ring is 1. The molecule has 0 aliphatic carbocycles. The highest BCUT2D eigenvalue weighted by Crippen LogP contribution is 2.22. The molecule has 0 aliphatic rings. The van der Waals surface area contributed by atoms with Crippen LogP contribution in [0.15, 0.2) is 35.5 Å². The molecule has 0 atom stereocenters. The second-order valence-electron chi connectivity index (χ2n) is 3.53. The van der Waals surface area contributed by atoms with E-state index in [1.165, 1.54) is 17.3 Å². The number of rotatable bonds is 2. The minimum atomic E-state index is 0.510. The predicted molar refractivity (Wildman–Crippen MR) is 68.4 cm³/mol. The van der Waals surface area contributed by atoms with E-state index in [4.69, 9.17) is 5.73 Å². The Morgan fingerprint density at radius 2 is 2.00 bits per heavy atom. The van der Waals surface area contributed by atoms with Gasteiger partial charge in [-0.15, -0.1) is 0 Å². The third-order valence-electron chi connectivity index (χ3n) is 2.22. The van der Waals surface area contributed by atoms with E-state index < -0.39 is 0 Å². The van der Waals surface area contributed by atoms with Crippen molar-refractivity contribution in [2.24, 2.45) is 0 Å². The van der Waals surface area contributed by atoms with Gasteiger partial charge in [-0.25, -0.2) is 9.97 Å². The minimum absolute atomic E-state index is 0.510. The van der Waals surface area contributed by atoms with Gasteiger partial charge in [-0.1, -0.05) is 35.5 Å². The topological polar surface area (TPSA) is 51.8 Å². The number of benzene rings is 1. The van der Waals surface area contributed by atoms with Crippen LogP contribution >= 0.6 is 11.8 Å². The average Bonchev–Trinajstić information content (AvgIpc) is 2.28. The summed E-state index contributed by atoms with van der Waals surface area (Å²) < 4.78 is 0. The van der Waals surface area contributed by atoms with Crippen molar-refractivity contribution in [2.45, 2.75) is 12.1 Å². The van der Waals surface area contributed by atoms with Crippen molar-refractivity contribution in [1.29, 1.82) is 0 Å². The zero-order chi connectivity index (χ0) is 11.5. The number of nitrogens with two attached hydrogens (primary N) is 1. The summed E-state index contributed by atoms with van der Waals surface area (Å²) >= 11 is 1.49. The Labute approximate surface area is 99.1 Å². The van der Waals surface area contributed by atoms with Crippen LogP contribution in [0.25, 0.3) is 11.3 Å². The van der Waals surface area contributed by atoms with Gasteiger partial charge in [0, 0.05) is 11.6 Å². The third kappa shape index (κ3) is 2.33. The zero-order valence-corrected chi connectivity index (χ0v) is 10.1. The molecule has 16 heavy (non-hydrogen) atoms. The van der Waals surface area contributed by atoms with E-state index >= 15 is 0 Å². The van der Waals surface area contributed by atoms with Gasteiger partial charge >= 0.3 is 0 Å². The summed E-state index contributed by atoms with van der Waals surface area (Å²) in [5, 5.41) is 0.705. The number of hydrogen-bond donors (Lipinski definition) is 1. The largest absolute Gasteiger partial charge is 0.384 e. The van der Waals surface area contributed by atoms with Crippen LogP contribution in [0.2, 0.25) is 0 Å². The van der Waals surface area contributed by atoms with Crippen LogP contribution in [0.1, 0.15) is 5.56 Å². The monoisotopic (exact) mass is 231 g/mol. The van der Waals surface area contributed by atoms with Gasteiger partial charge in [0.15, 0.2) is 5.16 Å². The number of nitrogens with zero attached hydrogens (tertiary/aromatic N) is 2. The lowest BCUT2D eigenvalue weighted by Crippen LogP contribution is -1.96. The van der Waals surface area contributed by atoms with Crippen LogP contribution in [-0.2, 0) is 0 Å². The molecular weight excluding hydrogens is 218 g/mol. The number of thioether (sulfide) groups is 1. The zero-order valence-electron chi connectivity index (χ0n) is 9.27. The van der Waals surface area contributed by atoms with Gasteiger partial charge in [-0.3, -0.25) is 0 Å². The lowest BCUT2D eigenvalue weighted by atomic mass is 10.1. The molecule has 0 spiro atoms. The molecule has 0 saturated carbocycles. The van der Waals surface area contributed by atoms with Crippen molar-refractivity contribution in [2.75, 3.05) is 12.0 Å². The van der Waals surface area contributed by atoms with Gasteiger partial charge in [0.25, 0.3) is 0 Å². The highest BCUT2D eigenvalue weighted by Gasteiger charge is 2.04. The molecule has 0 amide bonds. The lowest BCUT2D eigenvalue weighted by molar-refractivity contribution is 0.985. The quantitative estimate of drug-likeness (QED) is 0.638. The summed E-state index contributed by atoms with van der Waals surface area (Å²) in [5.41, 5.74) is 8.90. The molecule has 0 radical (unpaired) electrons. The van der Waals surface area contributed by atoms with Gasteiger partial charge < -0.3 is 5.73 Å². The minimum Gasteiger partial charge on any atom is -0.384 e. The van der Waals surface area contributed by atoms with E-state index in [0.29, 0.717) is 11.0 Å². The fourth-order valence-electron chi connectivity index (χ4n) is 1.49. The molecule has 1 aromatic heterocycles. The van der Waals surface area contributed by atoms with E-state index in [9.17, 15) is 0 Å². The molecule has 1 heterocycles. The van der Waals surface area contributed by atoms with Gasteiger partial charge in [0.2, 0.25) is 0 Å². The molecule has 3 nitrogen and oxygen atoms in total. The lowest BCUT2D eigenvalue weighted by Gasteiger charge is -2.04. The maximum Gasteiger partial charge on any atom is 0.189 e. The summed E-state index contributed by atoms with van der Waals surface area (Å²) in [5.74, 6) is 0.510. The van der Waals surface area contributed by atoms with Crippen molar-refractivity contribution < 1.29 is 0 Å². The Morgan fingerprint density at radius 3 is 2.69 bits per heavy atom. The van der Waals surface area contributed by atoms with E-state index in [-0.39, 0.29) is 0 Å². The molecule has 82 valence electrons. The predicted octanol–water partition coefficient (Wildman–Crippen LogP) is 2.76. The molecule has 0 saturated heterocycles. The highest BCUT2D eigenvalue weighted by molar-refractivity contribution is 7.98. The van der Waals surface area contributed by atoms with Crippen molar-refractivity contribution in [3.8, 4) is 11.3 Å². The first-order valence-electron chi connectivity index (χ1n) is 4.94. The molecule has 0 unspecified atom stereocenters. The first-order valence-corrected chi connectivity index (χ1v) is 6.17. The molecule has 1 aromatic carbocycles. The molecule has 0 bridgehead atoms. The van der Waals surface area contributed by atoms with Crippen molar-refractivity contribution >= 4 is 17.6 Å². The summed E-state index contributed by atoms with van der Waals surface area (Å²) in [7, 11) is 0. The van der Waals surface area contributed by atoms with Crippen molar-refractivity contribution in [1.82, 2.24) is 9.97 Å². The van der Waals surface area contributed by atoms with E-state index in [0.717, 1.165) is 11.3 Å². The maximum atomic E-state index is 5.75. The summed E-state index contributed by atoms with van der Waals surface area (Å²) in [6.07, 6.45) is 1.94. The molecule has 2 N–H and O–H groups in total. The Balaban J connectivity index is 2.51. The van der Waals surface area contributed by atoms with Gasteiger partial charge in [-0.2, -0.15) is 0 Å². The maximum absolute atomic E-state index is 5.75. The van der Waals surface area contributed by atoms with Crippen molar-refractivity contribution in [3.63, 3.8) is 0 Å². The number of hydrogen-bond acceptors (Lipinski definition) is 4. The SMILES string of the molecule is CSc1nc(N)cc(-c2cccc(C)c2)n1. The fraction of sp³-hybridized carbons (Fsp3) is 0.167. The number of aryl methyl sites for hydroxylation is 1. The molecule has 0 fully saturated rings. The Bertz CT molecular complexity index is 511. The average molecular weight is 231 g/mol. The second-order valence-corrected chi connectivity index (χ2v) is 4.31. The Kier molecular flexibility index (Phi) is 3.10. The van der Waals surface area contributed by atoms with Gasteiger partial charge in [0.1, 0.15) is 5.82 Å². The van der Waals surface area contributed by atoms with Crippen LogP contribution in [0.5, 0.6) is 0 Å². The summed E-state index contributed by atoms with van der Waals surface area (Å²) in [4.78, 5) is 8.57. The third-order valence-corrected chi connectivity index (χ3v) is 2.77. The van der Waals surface area contributed by atoms with Crippen LogP contribution in [0, 0.1) is 6.92 Å². The highest BCUT2D eigenvalue weighted by atomic mass is 32.2.